The Morgan fingerprint density at radius 2 is 1.91 bits per heavy atom. The van der Waals surface area contributed by atoms with Crippen LogP contribution >= 0.6 is 0 Å². The first-order chi connectivity index (χ1) is 15.9. The molecule has 0 radical (unpaired) electrons. The molecule has 1 saturated carbocycles. The number of rotatable bonds is 9. The molecule has 1 saturated heterocycles. The van der Waals surface area contributed by atoms with Crippen LogP contribution in [0.3, 0.4) is 0 Å². The third-order valence-electron chi connectivity index (χ3n) is 6.42. The van der Waals surface area contributed by atoms with Crippen LogP contribution in [0.2, 0.25) is 0 Å². The number of hydrogen-bond donors (Lipinski definition) is 0. The summed E-state index contributed by atoms with van der Waals surface area (Å²) >= 11 is 0. The number of fused-ring (bicyclic) bond motifs is 5. The number of carbonyl (C=O) groups excluding carboxylic acids is 3. The molecule has 5 atom stereocenters. The first-order valence-corrected chi connectivity index (χ1v) is 11.1. The number of ether oxygens (including phenoxy) is 3. The van der Waals surface area contributed by atoms with E-state index in [9.17, 15) is 14.4 Å². The van der Waals surface area contributed by atoms with Gasteiger partial charge in [-0.3, -0.25) is 9.59 Å². The largest absolute Gasteiger partial charge is 0.490 e. The van der Waals surface area contributed by atoms with Gasteiger partial charge in [-0.1, -0.05) is 18.2 Å². The van der Waals surface area contributed by atoms with Gasteiger partial charge in [0.1, 0.15) is 0 Å². The molecular weight excluding hydrogens is 424 g/mol. The summed E-state index contributed by atoms with van der Waals surface area (Å²) in [5, 5.41) is 5.27. The van der Waals surface area contributed by atoms with E-state index in [1.165, 1.54) is 13.3 Å². The Bertz CT molecular complexity index is 1020. The van der Waals surface area contributed by atoms with Crippen LogP contribution < -0.4 is 9.47 Å². The molecule has 0 unspecified atom stereocenters. The Morgan fingerprint density at radius 1 is 1.24 bits per heavy atom. The average molecular weight is 453 g/mol. The molecule has 1 heterocycles. The smallest absolute Gasteiger partial charge is 0.346 e. The summed E-state index contributed by atoms with van der Waals surface area (Å²) in [6.45, 7) is 7.60. The van der Waals surface area contributed by atoms with Gasteiger partial charge in [-0.2, -0.15) is 10.1 Å². The second-order valence-corrected chi connectivity index (χ2v) is 8.45. The zero-order valence-corrected chi connectivity index (χ0v) is 19.0. The van der Waals surface area contributed by atoms with Crippen LogP contribution in [0.5, 0.6) is 11.5 Å². The van der Waals surface area contributed by atoms with Crippen LogP contribution in [-0.4, -0.2) is 48.8 Å². The molecule has 8 heteroatoms. The van der Waals surface area contributed by atoms with Crippen molar-refractivity contribution in [1.29, 1.82) is 0 Å². The molecule has 3 aliphatic rings. The Hall–Kier alpha value is -3.42. The highest BCUT2D eigenvalue weighted by molar-refractivity contribution is 6.06. The molecule has 4 rings (SSSR count). The number of allylic oxidation sites excluding steroid dienone is 3. The number of imide groups is 1. The van der Waals surface area contributed by atoms with E-state index in [-0.39, 0.29) is 35.5 Å². The predicted molar refractivity (Wildman–Crippen MR) is 121 cm³/mol. The topological polar surface area (TPSA) is 94.5 Å². The normalized spacial score (nSPS) is 26.1. The van der Waals surface area contributed by atoms with Gasteiger partial charge in [0.05, 0.1) is 31.8 Å². The summed E-state index contributed by atoms with van der Waals surface area (Å²) in [7, 11) is 1.30. The maximum absolute atomic E-state index is 12.9. The van der Waals surface area contributed by atoms with Crippen molar-refractivity contribution in [2.45, 2.75) is 32.8 Å². The highest BCUT2D eigenvalue weighted by Crippen LogP contribution is 2.52. The number of methoxy groups -OCH3 is 1. The van der Waals surface area contributed by atoms with Crippen molar-refractivity contribution in [2.24, 2.45) is 28.8 Å². The van der Waals surface area contributed by atoms with Gasteiger partial charge in [-0.05, 0) is 56.2 Å². The molecule has 2 aliphatic carbocycles. The van der Waals surface area contributed by atoms with Gasteiger partial charge < -0.3 is 14.2 Å². The summed E-state index contributed by atoms with van der Waals surface area (Å²) in [5.74, 6) is -0.465. The fraction of sp³-hybridized carbons (Fsp3) is 0.440. The lowest BCUT2D eigenvalue weighted by molar-refractivity contribution is -0.148. The molecule has 174 valence electrons. The van der Waals surface area contributed by atoms with Crippen molar-refractivity contribution < 1.29 is 28.6 Å². The van der Waals surface area contributed by atoms with E-state index < -0.39 is 12.1 Å². The number of esters is 1. The summed E-state index contributed by atoms with van der Waals surface area (Å²) in [5.41, 5.74) is 1.36. The number of hydrogen-bond acceptors (Lipinski definition) is 7. The van der Waals surface area contributed by atoms with E-state index in [4.69, 9.17) is 14.2 Å². The molecule has 1 aromatic rings. The van der Waals surface area contributed by atoms with Crippen LogP contribution in [0.4, 0.5) is 0 Å². The van der Waals surface area contributed by atoms with Crippen molar-refractivity contribution in [3.63, 3.8) is 0 Å². The maximum Gasteiger partial charge on any atom is 0.346 e. The fourth-order valence-corrected chi connectivity index (χ4v) is 4.98. The molecule has 1 aliphatic heterocycles. The summed E-state index contributed by atoms with van der Waals surface area (Å²) in [6.07, 6.45) is 7.78. The fourth-order valence-electron chi connectivity index (χ4n) is 4.98. The standard InChI is InChI=1S/C25H28N2O6/c1-5-7-18-10-15(11-19(32-6-2)22(18)33-14(3)25(30)31-4)13-26-27-23(28)20-16-8-9-17(12-16)21(20)24(27)29/h5,8-11,13-14,16-17,20-21H,1,6-7,12H2,2-4H3/t14-,16+,17+,20-,21+/m1/s1. The Kier molecular flexibility index (Phi) is 6.35. The van der Waals surface area contributed by atoms with E-state index >= 15 is 0 Å². The van der Waals surface area contributed by atoms with Gasteiger partial charge in [-0.15, -0.1) is 6.58 Å². The van der Waals surface area contributed by atoms with Gasteiger partial charge in [0.25, 0.3) is 11.8 Å². The van der Waals surface area contributed by atoms with E-state index in [0.717, 1.165) is 17.0 Å². The van der Waals surface area contributed by atoms with Crippen LogP contribution in [0.15, 0.2) is 42.0 Å². The van der Waals surface area contributed by atoms with Crippen LogP contribution in [0.25, 0.3) is 0 Å². The molecule has 1 aromatic carbocycles. The van der Waals surface area contributed by atoms with Crippen molar-refractivity contribution in [3.8, 4) is 11.5 Å². The highest BCUT2D eigenvalue weighted by atomic mass is 16.6. The molecule has 33 heavy (non-hydrogen) atoms. The van der Waals surface area contributed by atoms with Crippen molar-refractivity contribution >= 4 is 24.0 Å². The highest BCUT2D eigenvalue weighted by Gasteiger charge is 2.59. The minimum Gasteiger partial charge on any atom is -0.490 e. The monoisotopic (exact) mass is 452 g/mol. The Morgan fingerprint density at radius 3 is 2.48 bits per heavy atom. The SMILES string of the molecule is C=CCc1cc(C=NN2C(=O)[C@@H]3[C@H](C2=O)[C@H]2C=C[C@H]3C2)cc(OCC)c1O[C@H](C)C(=O)OC. The molecule has 0 spiro atoms. The third kappa shape index (κ3) is 4.05. The summed E-state index contributed by atoms with van der Waals surface area (Å²) < 4.78 is 16.4. The first kappa shape index (κ1) is 22.8. The van der Waals surface area contributed by atoms with Gasteiger partial charge >= 0.3 is 5.97 Å². The van der Waals surface area contributed by atoms with Gasteiger partial charge in [0, 0.05) is 5.56 Å². The van der Waals surface area contributed by atoms with Gasteiger partial charge in [-0.25, -0.2) is 4.79 Å². The van der Waals surface area contributed by atoms with Crippen molar-refractivity contribution in [2.75, 3.05) is 13.7 Å². The number of benzene rings is 1. The van der Waals surface area contributed by atoms with Gasteiger partial charge in [0.2, 0.25) is 0 Å². The molecule has 2 bridgehead atoms. The van der Waals surface area contributed by atoms with Crippen LogP contribution in [-0.2, 0) is 25.5 Å². The average Bonchev–Trinajstić information content (AvgIpc) is 3.48. The summed E-state index contributed by atoms with van der Waals surface area (Å²) in [6, 6.07) is 3.51. The quantitative estimate of drug-likeness (QED) is 0.248. The van der Waals surface area contributed by atoms with E-state index in [1.807, 2.05) is 25.1 Å². The minimum atomic E-state index is -0.833. The van der Waals surface area contributed by atoms with E-state index in [1.54, 1.807) is 19.1 Å². The summed E-state index contributed by atoms with van der Waals surface area (Å²) in [4.78, 5) is 37.6. The number of amides is 2. The van der Waals surface area contributed by atoms with E-state index in [0.29, 0.717) is 30.1 Å². The zero-order chi connectivity index (χ0) is 23.7. The van der Waals surface area contributed by atoms with Crippen LogP contribution in [0, 0.1) is 23.7 Å². The predicted octanol–water partition coefficient (Wildman–Crippen LogP) is 2.90. The molecule has 0 N–H and O–H groups in total. The van der Waals surface area contributed by atoms with Crippen LogP contribution in [0.1, 0.15) is 31.4 Å². The third-order valence-corrected chi connectivity index (χ3v) is 6.42. The first-order valence-electron chi connectivity index (χ1n) is 11.1. The minimum absolute atomic E-state index is 0.133. The lowest BCUT2D eigenvalue weighted by Gasteiger charge is -2.19. The maximum atomic E-state index is 12.9. The molecule has 2 fully saturated rings. The lowest BCUT2D eigenvalue weighted by Crippen LogP contribution is -2.28. The molecular formula is C25H28N2O6. The Balaban J connectivity index is 1.62. The second-order valence-electron chi connectivity index (χ2n) is 8.45. The number of hydrazone groups is 1. The Labute approximate surface area is 192 Å². The number of nitrogens with zero attached hydrogens (tertiary/aromatic N) is 2. The zero-order valence-electron chi connectivity index (χ0n) is 19.0. The molecule has 8 nitrogen and oxygen atoms in total. The molecule has 0 aromatic heterocycles. The van der Waals surface area contributed by atoms with Crippen molar-refractivity contribution in [1.82, 2.24) is 5.01 Å². The van der Waals surface area contributed by atoms with Gasteiger partial charge in [0.15, 0.2) is 17.6 Å². The van der Waals surface area contributed by atoms with Crippen molar-refractivity contribution in [3.05, 3.63) is 48.1 Å². The lowest BCUT2D eigenvalue weighted by atomic mass is 9.85. The second kappa shape index (κ2) is 9.21. The number of carbonyl (C=O) groups is 3. The van der Waals surface area contributed by atoms with E-state index in [2.05, 4.69) is 11.7 Å². The molecule has 2 amide bonds.